The zero-order chi connectivity index (χ0) is 16.3. The van der Waals surface area contributed by atoms with E-state index in [0.29, 0.717) is 24.9 Å². The molecule has 0 aliphatic rings. The van der Waals surface area contributed by atoms with Crippen molar-refractivity contribution in [1.29, 1.82) is 0 Å². The van der Waals surface area contributed by atoms with E-state index in [2.05, 4.69) is 27.7 Å². The summed E-state index contributed by atoms with van der Waals surface area (Å²) in [6.45, 7) is 7.01. The van der Waals surface area contributed by atoms with Crippen molar-refractivity contribution in [3.8, 4) is 0 Å². The van der Waals surface area contributed by atoms with Gasteiger partial charge in [-0.1, -0.05) is 19.4 Å². The lowest BCUT2D eigenvalue weighted by Crippen LogP contribution is -2.37. The molecule has 0 aliphatic heterocycles. The molecule has 5 nitrogen and oxygen atoms in total. The number of likely N-dealkylation sites (N-methyl/N-ethyl adjacent to an activating group) is 1. The van der Waals surface area contributed by atoms with Crippen LogP contribution >= 0.6 is 8.03 Å². The van der Waals surface area contributed by atoms with Gasteiger partial charge in [-0.25, -0.2) is 4.79 Å². The van der Waals surface area contributed by atoms with Crippen molar-refractivity contribution < 1.29 is 23.1 Å². The first kappa shape index (κ1) is 20.4. The van der Waals surface area contributed by atoms with Gasteiger partial charge in [0.1, 0.15) is 13.2 Å². The van der Waals surface area contributed by atoms with Crippen LogP contribution in [-0.4, -0.2) is 57.5 Å². The average Bonchev–Trinajstić information content (AvgIpc) is 2.35. The topological polar surface area (TPSA) is 52.6 Å². The molecule has 124 valence electrons. The molecule has 0 heterocycles. The SMILES string of the molecule is C=C(C)C(=O)OCCCCCC[PH](=O)OCC[N+](C)(C)C. The third-order valence-corrected chi connectivity index (χ3v) is 4.17. The monoisotopic (exact) mass is 320 g/mol. The van der Waals surface area contributed by atoms with Crippen molar-refractivity contribution in [2.45, 2.75) is 32.6 Å². The van der Waals surface area contributed by atoms with Crippen LogP contribution < -0.4 is 0 Å². The predicted molar refractivity (Wildman–Crippen MR) is 87.0 cm³/mol. The zero-order valence-electron chi connectivity index (χ0n) is 13.9. The van der Waals surface area contributed by atoms with Crippen LogP contribution in [0, 0.1) is 0 Å². The third kappa shape index (κ3) is 14.1. The summed E-state index contributed by atoms with van der Waals surface area (Å²) in [4.78, 5) is 11.1. The maximum absolute atomic E-state index is 11.7. The summed E-state index contributed by atoms with van der Waals surface area (Å²) in [5.41, 5.74) is 0.430. The van der Waals surface area contributed by atoms with E-state index >= 15 is 0 Å². The Hall–Kier alpha value is -0.640. The van der Waals surface area contributed by atoms with E-state index in [0.717, 1.165) is 36.7 Å². The maximum Gasteiger partial charge on any atom is 0.333 e. The van der Waals surface area contributed by atoms with Gasteiger partial charge in [0.05, 0.1) is 27.7 Å². The van der Waals surface area contributed by atoms with E-state index in [4.69, 9.17) is 9.26 Å². The second-order valence-corrected chi connectivity index (χ2v) is 7.85. The van der Waals surface area contributed by atoms with E-state index < -0.39 is 8.03 Å². The molecule has 0 radical (unpaired) electrons. The Morgan fingerprint density at radius 2 is 1.71 bits per heavy atom. The quantitative estimate of drug-likeness (QED) is 0.182. The number of quaternary nitrogens is 1. The van der Waals surface area contributed by atoms with Gasteiger partial charge in [0.25, 0.3) is 0 Å². The van der Waals surface area contributed by atoms with E-state index in [1.165, 1.54) is 0 Å². The molecule has 0 N–H and O–H groups in total. The van der Waals surface area contributed by atoms with Gasteiger partial charge < -0.3 is 13.7 Å². The Balaban J connectivity index is 3.41. The first-order chi connectivity index (χ1) is 9.72. The van der Waals surface area contributed by atoms with Crippen molar-refractivity contribution in [3.63, 3.8) is 0 Å². The Kier molecular flexibility index (Phi) is 10.7. The summed E-state index contributed by atoms with van der Waals surface area (Å²) < 4.78 is 22.8. The van der Waals surface area contributed by atoms with Gasteiger partial charge in [0.2, 0.25) is 0 Å². The lowest BCUT2D eigenvalue weighted by Gasteiger charge is -2.23. The first-order valence-corrected chi connectivity index (χ1v) is 9.03. The molecular formula is C15H31NO4P+. The molecule has 0 fully saturated rings. The number of nitrogens with zero attached hydrogens (tertiary/aromatic N) is 1. The lowest BCUT2D eigenvalue weighted by molar-refractivity contribution is -0.870. The minimum Gasteiger partial charge on any atom is -0.462 e. The van der Waals surface area contributed by atoms with Gasteiger partial charge in [0, 0.05) is 11.7 Å². The minimum atomic E-state index is -1.89. The minimum absolute atomic E-state index is 0.328. The second kappa shape index (κ2) is 11.0. The predicted octanol–water partition coefficient (Wildman–Crippen LogP) is 2.86. The highest BCUT2D eigenvalue weighted by molar-refractivity contribution is 7.39. The van der Waals surface area contributed by atoms with E-state index in [1.54, 1.807) is 6.92 Å². The van der Waals surface area contributed by atoms with Gasteiger partial charge in [0.15, 0.2) is 8.03 Å². The van der Waals surface area contributed by atoms with Gasteiger partial charge in [-0.2, -0.15) is 0 Å². The molecule has 0 saturated carbocycles. The van der Waals surface area contributed by atoms with Crippen molar-refractivity contribution in [2.24, 2.45) is 0 Å². The summed E-state index contributed by atoms with van der Waals surface area (Å²) in [5, 5.41) is 0. The highest BCUT2D eigenvalue weighted by Gasteiger charge is 2.08. The van der Waals surface area contributed by atoms with Gasteiger partial charge >= 0.3 is 5.97 Å². The Morgan fingerprint density at radius 3 is 2.29 bits per heavy atom. The van der Waals surface area contributed by atoms with Crippen LogP contribution in [0.2, 0.25) is 0 Å². The smallest absolute Gasteiger partial charge is 0.333 e. The standard InChI is InChI=1S/C15H31NO4P/c1-14(2)15(17)19-11-8-6-7-9-13-21(18)20-12-10-16(3,4)5/h21H,1,6-13H2,2-5H3/q+1. The Labute approximate surface area is 129 Å². The summed E-state index contributed by atoms with van der Waals surface area (Å²) in [5.74, 6) is -0.328. The average molecular weight is 320 g/mol. The van der Waals surface area contributed by atoms with Crippen LogP contribution in [-0.2, 0) is 18.6 Å². The van der Waals surface area contributed by atoms with Crippen LogP contribution in [0.4, 0.5) is 0 Å². The number of hydrogen-bond donors (Lipinski definition) is 0. The summed E-state index contributed by atoms with van der Waals surface area (Å²) in [6, 6.07) is 0. The lowest BCUT2D eigenvalue weighted by atomic mass is 10.2. The van der Waals surface area contributed by atoms with Gasteiger partial charge in [-0.15, -0.1) is 0 Å². The zero-order valence-corrected chi connectivity index (χ0v) is 14.9. The number of rotatable bonds is 12. The molecule has 1 unspecified atom stereocenters. The molecule has 0 bridgehead atoms. The van der Waals surface area contributed by atoms with Crippen LogP contribution in [0.5, 0.6) is 0 Å². The first-order valence-electron chi connectivity index (χ1n) is 7.51. The number of unbranched alkanes of at least 4 members (excludes halogenated alkanes) is 3. The molecule has 0 saturated heterocycles. The summed E-state index contributed by atoms with van der Waals surface area (Å²) in [6.07, 6.45) is 4.34. The summed E-state index contributed by atoms with van der Waals surface area (Å²) in [7, 11) is 4.37. The van der Waals surface area contributed by atoms with Crippen molar-refractivity contribution in [1.82, 2.24) is 0 Å². The number of carbonyl (C=O) groups is 1. The van der Waals surface area contributed by atoms with Crippen LogP contribution in [0.3, 0.4) is 0 Å². The molecule has 0 spiro atoms. The van der Waals surface area contributed by atoms with E-state index in [9.17, 15) is 9.36 Å². The Bertz CT molecular complexity index is 350. The second-order valence-electron chi connectivity index (χ2n) is 6.31. The van der Waals surface area contributed by atoms with Gasteiger partial charge in [-0.05, 0) is 19.8 Å². The van der Waals surface area contributed by atoms with Crippen molar-refractivity contribution in [3.05, 3.63) is 12.2 Å². The molecule has 6 heteroatoms. The summed E-state index contributed by atoms with van der Waals surface area (Å²) >= 11 is 0. The fourth-order valence-corrected chi connectivity index (χ4v) is 2.52. The number of esters is 1. The van der Waals surface area contributed by atoms with Crippen LogP contribution in [0.25, 0.3) is 0 Å². The van der Waals surface area contributed by atoms with Crippen molar-refractivity contribution in [2.75, 3.05) is 47.1 Å². The number of hydrogen-bond acceptors (Lipinski definition) is 4. The van der Waals surface area contributed by atoms with Crippen LogP contribution in [0.15, 0.2) is 12.2 Å². The fraction of sp³-hybridized carbons (Fsp3) is 0.800. The third-order valence-electron chi connectivity index (χ3n) is 2.88. The molecule has 0 amide bonds. The normalized spacial score (nSPS) is 13.0. The largest absolute Gasteiger partial charge is 0.462 e. The van der Waals surface area contributed by atoms with E-state index in [1.807, 2.05) is 0 Å². The molecule has 0 rings (SSSR count). The van der Waals surface area contributed by atoms with Gasteiger partial charge in [-0.3, -0.25) is 4.57 Å². The van der Waals surface area contributed by atoms with Crippen LogP contribution in [0.1, 0.15) is 32.6 Å². The Morgan fingerprint density at radius 1 is 1.10 bits per heavy atom. The highest BCUT2D eigenvalue weighted by atomic mass is 31.1. The number of carbonyl (C=O) groups excluding carboxylic acids is 1. The van der Waals surface area contributed by atoms with E-state index in [-0.39, 0.29) is 5.97 Å². The molecule has 0 aromatic rings. The highest BCUT2D eigenvalue weighted by Crippen LogP contribution is 2.24. The molecule has 21 heavy (non-hydrogen) atoms. The fourth-order valence-electron chi connectivity index (χ4n) is 1.52. The van der Waals surface area contributed by atoms with Crippen molar-refractivity contribution >= 4 is 14.0 Å². The maximum atomic E-state index is 11.7. The molecule has 1 atom stereocenters. The molecular weight excluding hydrogens is 289 g/mol. The molecule has 0 aromatic heterocycles. The molecule has 0 aliphatic carbocycles. The number of ether oxygens (including phenoxy) is 1. The molecule has 0 aromatic carbocycles.